The third kappa shape index (κ3) is 5.70. The van der Waals surface area contributed by atoms with Gasteiger partial charge < -0.3 is 15.1 Å². The van der Waals surface area contributed by atoms with Crippen LogP contribution in [0.2, 0.25) is 0 Å². The van der Waals surface area contributed by atoms with Crippen LogP contribution in [0, 0.1) is 6.92 Å². The van der Waals surface area contributed by atoms with Crippen LogP contribution >= 0.6 is 0 Å². The van der Waals surface area contributed by atoms with E-state index < -0.39 is 0 Å². The second kappa shape index (κ2) is 9.56. The van der Waals surface area contributed by atoms with Crippen LogP contribution < -0.4 is 10.6 Å². The summed E-state index contributed by atoms with van der Waals surface area (Å²) in [6.45, 7) is 4.52. The van der Waals surface area contributed by atoms with Gasteiger partial charge in [0.1, 0.15) is 6.26 Å². The molecular weight excluding hydrogens is 340 g/mol. The molecule has 0 amide bonds. The monoisotopic (exact) mass is 366 g/mol. The van der Waals surface area contributed by atoms with Gasteiger partial charge in [-0.25, -0.2) is 4.98 Å². The maximum Gasteiger partial charge on any atom is 0.226 e. The molecule has 0 fully saturated rings. The highest BCUT2D eigenvalue weighted by molar-refractivity contribution is 5.79. The summed E-state index contributed by atoms with van der Waals surface area (Å²) in [7, 11) is 1.77. The van der Waals surface area contributed by atoms with E-state index >= 15 is 0 Å². The molecule has 0 aliphatic heterocycles. The Bertz CT molecular complexity index is 836. The summed E-state index contributed by atoms with van der Waals surface area (Å²) < 4.78 is 7.52. The summed E-state index contributed by atoms with van der Waals surface area (Å²) >= 11 is 0. The van der Waals surface area contributed by atoms with Gasteiger partial charge in [0.05, 0.1) is 5.69 Å². The molecule has 0 saturated carbocycles. The number of hydrogen-bond donors (Lipinski definition) is 2. The first-order chi connectivity index (χ1) is 13.2. The summed E-state index contributed by atoms with van der Waals surface area (Å²) in [5.74, 6) is 1.45. The Balaban J connectivity index is 1.38. The predicted molar refractivity (Wildman–Crippen MR) is 107 cm³/mol. The van der Waals surface area contributed by atoms with Gasteiger partial charge in [-0.3, -0.25) is 9.67 Å². The van der Waals surface area contributed by atoms with E-state index in [1.807, 2.05) is 29.1 Å². The van der Waals surface area contributed by atoms with Crippen molar-refractivity contribution in [2.75, 3.05) is 20.1 Å². The Hall–Kier alpha value is -3.09. The summed E-state index contributed by atoms with van der Waals surface area (Å²) in [5, 5.41) is 10.8. The average molecular weight is 366 g/mol. The summed E-state index contributed by atoms with van der Waals surface area (Å²) in [4.78, 5) is 8.80. The molecule has 0 spiro atoms. The number of benzene rings is 1. The van der Waals surface area contributed by atoms with Crippen LogP contribution in [0.25, 0.3) is 11.5 Å². The molecule has 0 bridgehead atoms. The van der Waals surface area contributed by atoms with Crippen molar-refractivity contribution in [3.63, 3.8) is 0 Å². The van der Waals surface area contributed by atoms with E-state index in [4.69, 9.17) is 4.42 Å². The van der Waals surface area contributed by atoms with Crippen molar-refractivity contribution in [2.45, 2.75) is 26.3 Å². The van der Waals surface area contributed by atoms with E-state index in [0.717, 1.165) is 49.7 Å². The Morgan fingerprint density at radius 2 is 2.00 bits per heavy atom. The molecule has 1 aromatic carbocycles. The van der Waals surface area contributed by atoms with Gasteiger partial charge >= 0.3 is 0 Å². The Labute approximate surface area is 159 Å². The average Bonchev–Trinajstić information content (AvgIpc) is 3.36. The molecule has 0 atom stereocenters. The largest absolute Gasteiger partial charge is 0.444 e. The van der Waals surface area contributed by atoms with Crippen molar-refractivity contribution in [1.82, 2.24) is 25.4 Å². The van der Waals surface area contributed by atoms with E-state index in [2.05, 4.69) is 44.8 Å². The molecule has 2 aromatic heterocycles. The van der Waals surface area contributed by atoms with E-state index in [1.54, 1.807) is 19.5 Å². The molecule has 2 heterocycles. The number of aliphatic imine (C=N–C) groups is 1. The Morgan fingerprint density at radius 3 is 2.74 bits per heavy atom. The van der Waals surface area contributed by atoms with Gasteiger partial charge in [-0.15, -0.1) is 0 Å². The quantitative estimate of drug-likeness (QED) is 0.364. The Kier molecular flexibility index (Phi) is 6.62. The smallest absolute Gasteiger partial charge is 0.226 e. The van der Waals surface area contributed by atoms with Crippen molar-refractivity contribution >= 4 is 5.96 Å². The lowest BCUT2D eigenvalue weighted by molar-refractivity contribution is 0.569. The fourth-order valence-electron chi connectivity index (χ4n) is 2.66. The normalized spacial score (nSPS) is 11.6. The number of aryl methyl sites for hydroxylation is 2. The van der Waals surface area contributed by atoms with Gasteiger partial charge in [-0.2, -0.15) is 5.10 Å². The molecule has 0 saturated heterocycles. The lowest BCUT2D eigenvalue weighted by atomic mass is 10.1. The predicted octanol–water partition coefficient (Wildman–Crippen LogP) is 2.64. The molecule has 2 N–H and O–H groups in total. The molecule has 3 rings (SSSR count). The third-order valence-electron chi connectivity index (χ3n) is 4.16. The highest BCUT2D eigenvalue weighted by Crippen LogP contribution is 2.19. The van der Waals surface area contributed by atoms with Crippen LogP contribution in [0.5, 0.6) is 0 Å². The van der Waals surface area contributed by atoms with Crippen LogP contribution in [0.4, 0.5) is 0 Å². The van der Waals surface area contributed by atoms with Crippen LogP contribution in [-0.2, 0) is 13.0 Å². The topological polar surface area (TPSA) is 80.3 Å². The summed E-state index contributed by atoms with van der Waals surface area (Å²) in [5.41, 5.74) is 3.14. The van der Waals surface area contributed by atoms with Crippen LogP contribution in [0.15, 0.2) is 58.4 Å². The second-order valence-electron chi connectivity index (χ2n) is 6.31. The first kappa shape index (κ1) is 18.7. The van der Waals surface area contributed by atoms with Gasteiger partial charge in [-0.1, -0.05) is 17.7 Å². The van der Waals surface area contributed by atoms with Gasteiger partial charge in [0.15, 0.2) is 5.96 Å². The number of rotatable bonds is 8. The van der Waals surface area contributed by atoms with Crippen molar-refractivity contribution < 1.29 is 4.42 Å². The summed E-state index contributed by atoms with van der Waals surface area (Å²) in [6, 6.07) is 10.1. The van der Waals surface area contributed by atoms with Crippen molar-refractivity contribution in [1.29, 1.82) is 0 Å². The molecule has 0 aliphatic carbocycles. The molecule has 27 heavy (non-hydrogen) atoms. The lowest BCUT2D eigenvalue weighted by Gasteiger charge is -2.11. The minimum Gasteiger partial charge on any atom is -0.444 e. The SMILES string of the molecule is CN=C(NCCCn1cccn1)NCCc1coc(-c2ccc(C)cc2)n1. The van der Waals surface area contributed by atoms with Crippen molar-refractivity contribution in [2.24, 2.45) is 4.99 Å². The zero-order valence-corrected chi connectivity index (χ0v) is 15.9. The van der Waals surface area contributed by atoms with E-state index in [-0.39, 0.29) is 0 Å². The van der Waals surface area contributed by atoms with Crippen LogP contribution in [0.1, 0.15) is 17.7 Å². The molecular formula is C20H26N6O. The lowest BCUT2D eigenvalue weighted by Crippen LogP contribution is -2.39. The number of aromatic nitrogens is 3. The van der Waals surface area contributed by atoms with Gasteiger partial charge in [0.25, 0.3) is 0 Å². The number of guanidine groups is 1. The second-order valence-corrected chi connectivity index (χ2v) is 6.31. The van der Waals surface area contributed by atoms with Crippen molar-refractivity contribution in [3.8, 4) is 11.5 Å². The first-order valence-electron chi connectivity index (χ1n) is 9.18. The van der Waals surface area contributed by atoms with Crippen LogP contribution in [-0.4, -0.2) is 40.9 Å². The van der Waals surface area contributed by atoms with Gasteiger partial charge in [0, 0.05) is 51.1 Å². The Morgan fingerprint density at radius 1 is 1.19 bits per heavy atom. The molecule has 0 radical (unpaired) electrons. The third-order valence-corrected chi connectivity index (χ3v) is 4.16. The van der Waals surface area contributed by atoms with E-state index in [9.17, 15) is 0 Å². The highest BCUT2D eigenvalue weighted by Gasteiger charge is 2.07. The van der Waals surface area contributed by atoms with E-state index in [1.165, 1.54) is 5.56 Å². The fraction of sp³-hybridized carbons (Fsp3) is 0.350. The zero-order valence-electron chi connectivity index (χ0n) is 15.9. The molecule has 7 nitrogen and oxygen atoms in total. The van der Waals surface area contributed by atoms with Gasteiger partial charge in [0.2, 0.25) is 5.89 Å². The minimum atomic E-state index is 0.658. The number of oxazole rings is 1. The maximum absolute atomic E-state index is 5.60. The highest BCUT2D eigenvalue weighted by atomic mass is 16.3. The molecule has 142 valence electrons. The minimum absolute atomic E-state index is 0.658. The van der Waals surface area contributed by atoms with Crippen molar-refractivity contribution in [3.05, 3.63) is 60.2 Å². The van der Waals surface area contributed by atoms with Gasteiger partial charge in [-0.05, 0) is 31.5 Å². The summed E-state index contributed by atoms with van der Waals surface area (Å²) in [6.07, 6.45) is 7.23. The number of nitrogens with one attached hydrogen (secondary N) is 2. The van der Waals surface area contributed by atoms with Crippen LogP contribution in [0.3, 0.4) is 0 Å². The molecule has 3 aromatic rings. The fourth-order valence-corrected chi connectivity index (χ4v) is 2.66. The zero-order chi connectivity index (χ0) is 18.9. The standard InChI is InChI=1S/C20H26N6O/c1-16-5-7-17(8-6-16)19-25-18(15-27-19)9-12-23-20(21-2)22-10-3-13-26-14-4-11-24-26/h4-8,11,14-15H,3,9-10,12-13H2,1-2H3,(H2,21,22,23). The van der Waals surface area contributed by atoms with E-state index in [0.29, 0.717) is 5.89 Å². The molecule has 0 unspecified atom stereocenters. The molecule has 7 heteroatoms. The maximum atomic E-state index is 5.60. The first-order valence-corrected chi connectivity index (χ1v) is 9.18. The number of nitrogens with zero attached hydrogens (tertiary/aromatic N) is 4. The molecule has 0 aliphatic rings. The number of hydrogen-bond acceptors (Lipinski definition) is 4.